The number of hydrazone groups is 1. The second kappa shape index (κ2) is 11.8. The lowest BCUT2D eigenvalue weighted by Gasteiger charge is -2.22. The Hall–Kier alpha value is -3.67. The van der Waals surface area contributed by atoms with E-state index in [0.29, 0.717) is 24.7 Å². The summed E-state index contributed by atoms with van der Waals surface area (Å²) in [6.07, 6.45) is 11.4. The topological polar surface area (TPSA) is 72.8 Å². The lowest BCUT2D eigenvalue weighted by atomic mass is 9.84. The van der Waals surface area contributed by atoms with Gasteiger partial charge in [0.2, 0.25) is 0 Å². The Morgan fingerprint density at radius 2 is 1.67 bits per heavy atom. The maximum absolute atomic E-state index is 12.0. The fraction of sp³-hybridized carbons (Fsp3) is 0.296. The van der Waals surface area contributed by atoms with E-state index in [9.17, 15) is 4.79 Å². The lowest BCUT2D eigenvalue weighted by Crippen LogP contribution is -2.17. The fourth-order valence-electron chi connectivity index (χ4n) is 4.01. The van der Waals surface area contributed by atoms with Gasteiger partial charge in [-0.2, -0.15) is 5.10 Å². The molecule has 0 radical (unpaired) electrons. The molecule has 6 heteroatoms. The normalized spacial score (nSPS) is 14.2. The lowest BCUT2D eigenvalue weighted by molar-refractivity contribution is 0.0955. The van der Waals surface area contributed by atoms with Crippen LogP contribution in [0.5, 0.6) is 11.5 Å². The van der Waals surface area contributed by atoms with Crippen LogP contribution in [0.2, 0.25) is 0 Å². The van der Waals surface area contributed by atoms with E-state index in [1.165, 1.54) is 37.7 Å². The first-order chi connectivity index (χ1) is 16.3. The molecular formula is C27H29N3O3. The molecular weight excluding hydrogens is 414 g/mol. The largest absolute Gasteiger partial charge is 0.490 e. The van der Waals surface area contributed by atoms with Crippen molar-refractivity contribution in [2.45, 2.75) is 38.0 Å². The zero-order valence-electron chi connectivity index (χ0n) is 18.7. The first-order valence-electron chi connectivity index (χ1n) is 11.5. The van der Waals surface area contributed by atoms with Crippen molar-refractivity contribution in [3.63, 3.8) is 0 Å². The highest BCUT2D eigenvalue weighted by atomic mass is 16.5. The van der Waals surface area contributed by atoms with Crippen molar-refractivity contribution in [1.82, 2.24) is 10.4 Å². The van der Waals surface area contributed by atoms with Crippen molar-refractivity contribution in [1.29, 1.82) is 0 Å². The number of rotatable bonds is 9. The van der Waals surface area contributed by atoms with Gasteiger partial charge in [0, 0.05) is 18.0 Å². The fourth-order valence-corrected chi connectivity index (χ4v) is 4.01. The summed E-state index contributed by atoms with van der Waals surface area (Å²) in [5, 5.41) is 4.01. The van der Waals surface area contributed by atoms with Crippen molar-refractivity contribution in [2.24, 2.45) is 5.10 Å². The number of carbonyl (C=O) groups excluding carboxylic acids is 1. The smallest absolute Gasteiger partial charge is 0.271 e. The average molecular weight is 444 g/mol. The summed E-state index contributed by atoms with van der Waals surface area (Å²) in [5.41, 5.74) is 5.25. The predicted octanol–water partition coefficient (Wildman–Crippen LogP) is 5.35. The summed E-state index contributed by atoms with van der Waals surface area (Å²) in [6.45, 7) is 0.896. The molecule has 0 bridgehead atoms. The number of benzene rings is 2. The Labute approximate surface area is 194 Å². The second-order valence-corrected chi connectivity index (χ2v) is 8.11. The molecule has 0 atom stereocenters. The van der Waals surface area contributed by atoms with Crippen LogP contribution in [-0.4, -0.2) is 30.3 Å². The molecule has 1 aromatic heterocycles. The summed E-state index contributed by atoms with van der Waals surface area (Å²) in [7, 11) is 0. The molecule has 1 N–H and O–H groups in total. The first kappa shape index (κ1) is 22.5. The van der Waals surface area contributed by atoms with Crippen LogP contribution >= 0.6 is 0 Å². The van der Waals surface area contributed by atoms with Gasteiger partial charge in [0.25, 0.3) is 5.91 Å². The molecule has 0 aliphatic heterocycles. The Kier molecular flexibility index (Phi) is 8.06. The SMILES string of the molecule is O=C(N/N=C/c1cccc(OCCOc2ccc(C3CCCCC3)cc2)c1)c1ccncc1. The molecule has 1 saturated carbocycles. The standard InChI is InChI=1S/C27H29N3O3/c31-27(24-13-15-28-16-14-24)30-29-20-21-5-4-8-26(19-21)33-18-17-32-25-11-9-23(10-12-25)22-6-2-1-3-7-22/h4-5,8-16,19-20,22H,1-3,6-7,17-18H2,(H,30,31)/b29-20+. The van der Waals surface area contributed by atoms with Gasteiger partial charge in [-0.15, -0.1) is 0 Å². The highest BCUT2D eigenvalue weighted by Crippen LogP contribution is 2.33. The summed E-state index contributed by atoms with van der Waals surface area (Å²) in [5.74, 6) is 2.00. The Bertz CT molecular complexity index is 1050. The summed E-state index contributed by atoms with van der Waals surface area (Å²) in [6, 6.07) is 19.3. The molecule has 1 amide bonds. The third-order valence-electron chi connectivity index (χ3n) is 5.76. The molecule has 4 rings (SSSR count). The van der Waals surface area contributed by atoms with E-state index in [0.717, 1.165) is 17.1 Å². The van der Waals surface area contributed by atoms with Crippen molar-refractivity contribution < 1.29 is 14.3 Å². The summed E-state index contributed by atoms with van der Waals surface area (Å²) < 4.78 is 11.6. The molecule has 0 saturated heterocycles. The molecule has 1 fully saturated rings. The molecule has 3 aromatic rings. The highest BCUT2D eigenvalue weighted by molar-refractivity contribution is 5.94. The maximum Gasteiger partial charge on any atom is 0.271 e. The minimum Gasteiger partial charge on any atom is -0.490 e. The molecule has 1 aliphatic carbocycles. The van der Waals surface area contributed by atoms with E-state index < -0.39 is 0 Å². The van der Waals surface area contributed by atoms with Gasteiger partial charge < -0.3 is 9.47 Å². The maximum atomic E-state index is 12.0. The number of nitrogens with zero attached hydrogens (tertiary/aromatic N) is 2. The van der Waals surface area contributed by atoms with Gasteiger partial charge in [0.05, 0.1) is 6.21 Å². The van der Waals surface area contributed by atoms with Crippen LogP contribution in [0, 0.1) is 0 Å². The van der Waals surface area contributed by atoms with Crippen LogP contribution in [-0.2, 0) is 0 Å². The Balaban J connectivity index is 1.20. The van der Waals surface area contributed by atoms with E-state index in [1.54, 1.807) is 30.7 Å². The van der Waals surface area contributed by atoms with Crippen LogP contribution in [0.15, 0.2) is 78.2 Å². The van der Waals surface area contributed by atoms with Crippen molar-refractivity contribution >= 4 is 12.1 Å². The molecule has 170 valence electrons. The zero-order chi connectivity index (χ0) is 22.7. The van der Waals surface area contributed by atoms with Gasteiger partial charge in [0.1, 0.15) is 24.7 Å². The molecule has 6 nitrogen and oxygen atoms in total. The van der Waals surface area contributed by atoms with E-state index in [4.69, 9.17) is 9.47 Å². The number of aromatic nitrogens is 1. The number of nitrogens with one attached hydrogen (secondary N) is 1. The van der Waals surface area contributed by atoms with Gasteiger partial charge in [-0.1, -0.05) is 43.5 Å². The van der Waals surface area contributed by atoms with Gasteiger partial charge in [-0.3, -0.25) is 9.78 Å². The van der Waals surface area contributed by atoms with Gasteiger partial charge in [-0.25, -0.2) is 5.43 Å². The minimum absolute atomic E-state index is 0.287. The van der Waals surface area contributed by atoms with E-state index in [2.05, 4.69) is 39.8 Å². The van der Waals surface area contributed by atoms with E-state index >= 15 is 0 Å². The summed E-state index contributed by atoms with van der Waals surface area (Å²) in [4.78, 5) is 15.9. The molecule has 33 heavy (non-hydrogen) atoms. The number of amides is 1. The molecule has 0 spiro atoms. The molecule has 0 unspecified atom stereocenters. The first-order valence-corrected chi connectivity index (χ1v) is 11.5. The Morgan fingerprint density at radius 3 is 2.42 bits per heavy atom. The quantitative estimate of drug-likeness (QED) is 0.275. The monoisotopic (exact) mass is 443 g/mol. The molecule has 2 aromatic carbocycles. The average Bonchev–Trinajstić information content (AvgIpc) is 2.88. The van der Waals surface area contributed by atoms with Crippen molar-refractivity contribution in [3.05, 3.63) is 89.7 Å². The minimum atomic E-state index is -0.287. The van der Waals surface area contributed by atoms with Crippen LogP contribution < -0.4 is 14.9 Å². The van der Waals surface area contributed by atoms with E-state index in [-0.39, 0.29) is 5.91 Å². The third-order valence-corrected chi connectivity index (χ3v) is 5.76. The molecule has 1 aliphatic rings. The third kappa shape index (κ3) is 6.91. The van der Waals surface area contributed by atoms with Crippen molar-refractivity contribution in [3.8, 4) is 11.5 Å². The van der Waals surface area contributed by atoms with Gasteiger partial charge in [0.15, 0.2) is 0 Å². The number of hydrogen-bond acceptors (Lipinski definition) is 5. The number of pyridine rings is 1. The van der Waals surface area contributed by atoms with E-state index in [1.807, 2.05) is 24.3 Å². The molecule has 1 heterocycles. The van der Waals surface area contributed by atoms with Crippen LogP contribution in [0.1, 0.15) is 59.5 Å². The van der Waals surface area contributed by atoms with Crippen LogP contribution in [0.25, 0.3) is 0 Å². The van der Waals surface area contributed by atoms with Crippen LogP contribution in [0.4, 0.5) is 0 Å². The van der Waals surface area contributed by atoms with Crippen molar-refractivity contribution in [2.75, 3.05) is 13.2 Å². The highest BCUT2D eigenvalue weighted by Gasteiger charge is 2.15. The van der Waals surface area contributed by atoms with Crippen LogP contribution in [0.3, 0.4) is 0 Å². The Morgan fingerprint density at radius 1 is 0.939 bits per heavy atom. The second-order valence-electron chi connectivity index (χ2n) is 8.11. The zero-order valence-corrected chi connectivity index (χ0v) is 18.7. The predicted molar refractivity (Wildman–Crippen MR) is 129 cm³/mol. The number of hydrogen-bond donors (Lipinski definition) is 1. The number of carbonyl (C=O) groups is 1. The van der Waals surface area contributed by atoms with Gasteiger partial charge >= 0.3 is 0 Å². The number of ether oxygens (including phenoxy) is 2. The van der Waals surface area contributed by atoms with Gasteiger partial charge in [-0.05, 0) is 66.3 Å². The summed E-state index contributed by atoms with van der Waals surface area (Å²) >= 11 is 0.